The van der Waals surface area contributed by atoms with Crippen molar-refractivity contribution in [3.05, 3.63) is 0 Å². The van der Waals surface area contributed by atoms with Gasteiger partial charge in [-0.05, 0) is 18.8 Å². The van der Waals surface area contributed by atoms with Gasteiger partial charge in [-0.15, -0.1) is 0 Å². The van der Waals surface area contributed by atoms with Crippen LogP contribution >= 0.6 is 0 Å². The van der Waals surface area contributed by atoms with E-state index in [0.29, 0.717) is 18.8 Å². The lowest BCUT2D eigenvalue weighted by molar-refractivity contribution is -0.148. The molecule has 3 nitrogen and oxygen atoms in total. The van der Waals surface area contributed by atoms with E-state index in [4.69, 9.17) is 5.11 Å². The van der Waals surface area contributed by atoms with E-state index >= 15 is 0 Å². The summed E-state index contributed by atoms with van der Waals surface area (Å²) in [4.78, 5) is 22.9. The Kier molecular flexibility index (Phi) is 4.30. The second-order valence-electron chi connectivity index (χ2n) is 4.90. The molecule has 0 spiro atoms. The van der Waals surface area contributed by atoms with Gasteiger partial charge in [0.1, 0.15) is 5.78 Å². The molecule has 0 radical (unpaired) electrons. The van der Waals surface area contributed by atoms with Gasteiger partial charge in [-0.3, -0.25) is 9.59 Å². The van der Waals surface area contributed by atoms with Crippen molar-refractivity contribution < 1.29 is 14.7 Å². The Morgan fingerprint density at radius 2 is 1.73 bits per heavy atom. The number of hydrogen-bond acceptors (Lipinski definition) is 2. The van der Waals surface area contributed by atoms with Gasteiger partial charge in [-0.2, -0.15) is 0 Å². The van der Waals surface area contributed by atoms with Crippen molar-refractivity contribution in [1.82, 2.24) is 0 Å². The third-order valence-electron chi connectivity index (χ3n) is 3.11. The van der Waals surface area contributed by atoms with Crippen LogP contribution in [0.15, 0.2) is 0 Å². The van der Waals surface area contributed by atoms with Crippen molar-refractivity contribution in [3.8, 4) is 0 Å². The molecule has 2 unspecified atom stereocenters. The Morgan fingerprint density at radius 3 is 2.20 bits per heavy atom. The van der Waals surface area contributed by atoms with Crippen molar-refractivity contribution in [3.63, 3.8) is 0 Å². The highest BCUT2D eigenvalue weighted by Crippen LogP contribution is 2.32. The van der Waals surface area contributed by atoms with Crippen molar-refractivity contribution in [2.24, 2.45) is 17.8 Å². The maximum Gasteiger partial charge on any atom is 0.307 e. The zero-order valence-corrected chi connectivity index (χ0v) is 9.53. The third-order valence-corrected chi connectivity index (χ3v) is 3.11. The minimum atomic E-state index is -0.795. The summed E-state index contributed by atoms with van der Waals surface area (Å²) in [5, 5.41) is 9.04. The van der Waals surface area contributed by atoms with Crippen molar-refractivity contribution in [2.75, 3.05) is 0 Å². The first-order valence-electron chi connectivity index (χ1n) is 5.78. The molecule has 0 aromatic carbocycles. The summed E-state index contributed by atoms with van der Waals surface area (Å²) in [6, 6.07) is 0. The minimum absolute atomic E-state index is 0.150. The average Bonchev–Trinajstić information content (AvgIpc) is 2.16. The SMILES string of the molecule is CC(C)CC(=O)C1CCCCC1C(=O)O. The van der Waals surface area contributed by atoms with E-state index in [2.05, 4.69) is 0 Å². The first-order valence-corrected chi connectivity index (χ1v) is 5.78. The predicted octanol–water partition coefficient (Wildman–Crippen LogP) is 2.49. The smallest absolute Gasteiger partial charge is 0.307 e. The van der Waals surface area contributed by atoms with Gasteiger partial charge in [-0.1, -0.05) is 26.7 Å². The number of Topliss-reactive ketones (excluding diaryl/α,β-unsaturated/α-hetero) is 1. The minimum Gasteiger partial charge on any atom is -0.481 e. The van der Waals surface area contributed by atoms with Gasteiger partial charge < -0.3 is 5.11 Å². The Bertz CT molecular complexity index is 245. The Balaban J connectivity index is 2.63. The summed E-state index contributed by atoms with van der Waals surface area (Å²) in [5.41, 5.74) is 0. The molecule has 15 heavy (non-hydrogen) atoms. The number of carboxylic acid groups (broad SMARTS) is 1. The van der Waals surface area contributed by atoms with E-state index in [9.17, 15) is 9.59 Å². The van der Waals surface area contributed by atoms with E-state index < -0.39 is 11.9 Å². The molecule has 1 aliphatic rings. The average molecular weight is 212 g/mol. The first kappa shape index (κ1) is 12.2. The summed E-state index contributed by atoms with van der Waals surface area (Å²) >= 11 is 0. The van der Waals surface area contributed by atoms with E-state index in [1.165, 1.54) is 0 Å². The Hall–Kier alpha value is -0.860. The number of hydrogen-bond donors (Lipinski definition) is 1. The summed E-state index contributed by atoms with van der Waals surface area (Å²) < 4.78 is 0. The van der Waals surface area contributed by atoms with E-state index in [0.717, 1.165) is 19.3 Å². The molecule has 0 aromatic heterocycles. The summed E-state index contributed by atoms with van der Waals surface area (Å²) in [5.74, 6) is -0.966. The predicted molar refractivity (Wildman–Crippen MR) is 57.5 cm³/mol. The first-order chi connectivity index (χ1) is 7.02. The lowest BCUT2D eigenvalue weighted by Gasteiger charge is -2.27. The third kappa shape index (κ3) is 3.33. The Labute approximate surface area is 90.9 Å². The number of carbonyl (C=O) groups is 2. The van der Waals surface area contributed by atoms with Gasteiger partial charge in [0, 0.05) is 12.3 Å². The molecule has 86 valence electrons. The molecule has 3 heteroatoms. The molecular weight excluding hydrogens is 192 g/mol. The van der Waals surface area contributed by atoms with Crippen molar-refractivity contribution in [2.45, 2.75) is 46.0 Å². The van der Waals surface area contributed by atoms with E-state index in [1.54, 1.807) is 0 Å². The van der Waals surface area contributed by atoms with E-state index in [1.807, 2.05) is 13.8 Å². The van der Waals surface area contributed by atoms with Crippen LogP contribution < -0.4 is 0 Å². The van der Waals surface area contributed by atoms with Crippen LogP contribution in [0.2, 0.25) is 0 Å². The van der Waals surface area contributed by atoms with Gasteiger partial charge in [0.15, 0.2) is 0 Å². The number of carbonyl (C=O) groups excluding carboxylic acids is 1. The van der Waals surface area contributed by atoms with Crippen LogP contribution in [-0.2, 0) is 9.59 Å². The van der Waals surface area contributed by atoms with Crippen molar-refractivity contribution >= 4 is 11.8 Å². The zero-order valence-electron chi connectivity index (χ0n) is 9.53. The second-order valence-corrected chi connectivity index (χ2v) is 4.90. The van der Waals surface area contributed by atoms with Crippen LogP contribution in [0.4, 0.5) is 0 Å². The van der Waals surface area contributed by atoms with Gasteiger partial charge in [0.2, 0.25) is 0 Å². The molecule has 0 saturated heterocycles. The number of carboxylic acids is 1. The molecule has 1 N–H and O–H groups in total. The lowest BCUT2D eigenvalue weighted by Crippen LogP contribution is -2.33. The second kappa shape index (κ2) is 5.29. The topological polar surface area (TPSA) is 54.4 Å². The fourth-order valence-corrected chi connectivity index (χ4v) is 2.37. The molecule has 0 aliphatic heterocycles. The van der Waals surface area contributed by atoms with Crippen LogP contribution in [-0.4, -0.2) is 16.9 Å². The summed E-state index contributed by atoms with van der Waals surface area (Å²) in [7, 11) is 0. The molecular formula is C12H20O3. The molecule has 1 rings (SSSR count). The summed E-state index contributed by atoms with van der Waals surface area (Å²) in [6.07, 6.45) is 3.90. The highest BCUT2D eigenvalue weighted by molar-refractivity contribution is 5.86. The molecule has 0 amide bonds. The normalized spacial score (nSPS) is 26.6. The molecule has 1 saturated carbocycles. The molecule has 0 bridgehead atoms. The Morgan fingerprint density at radius 1 is 1.20 bits per heavy atom. The van der Waals surface area contributed by atoms with Crippen LogP contribution in [0.1, 0.15) is 46.0 Å². The summed E-state index contributed by atoms with van der Waals surface area (Å²) in [6.45, 7) is 3.99. The lowest BCUT2D eigenvalue weighted by atomic mass is 9.75. The molecule has 1 aliphatic carbocycles. The van der Waals surface area contributed by atoms with Crippen molar-refractivity contribution in [1.29, 1.82) is 0 Å². The van der Waals surface area contributed by atoms with Crippen LogP contribution in [0.3, 0.4) is 0 Å². The maximum absolute atomic E-state index is 11.9. The van der Waals surface area contributed by atoms with Crippen LogP contribution in [0.25, 0.3) is 0 Å². The van der Waals surface area contributed by atoms with Crippen LogP contribution in [0, 0.1) is 17.8 Å². The number of rotatable bonds is 4. The maximum atomic E-state index is 11.9. The molecule has 0 heterocycles. The highest BCUT2D eigenvalue weighted by atomic mass is 16.4. The monoisotopic (exact) mass is 212 g/mol. The highest BCUT2D eigenvalue weighted by Gasteiger charge is 2.35. The van der Waals surface area contributed by atoms with Gasteiger partial charge in [0.05, 0.1) is 5.92 Å². The number of ketones is 1. The largest absolute Gasteiger partial charge is 0.481 e. The number of aliphatic carboxylic acids is 1. The van der Waals surface area contributed by atoms with Crippen LogP contribution in [0.5, 0.6) is 0 Å². The van der Waals surface area contributed by atoms with Gasteiger partial charge in [0.25, 0.3) is 0 Å². The van der Waals surface area contributed by atoms with Gasteiger partial charge >= 0.3 is 5.97 Å². The molecule has 1 fully saturated rings. The molecule has 0 aromatic rings. The van der Waals surface area contributed by atoms with Gasteiger partial charge in [-0.25, -0.2) is 0 Å². The molecule has 2 atom stereocenters. The fraction of sp³-hybridized carbons (Fsp3) is 0.833. The zero-order chi connectivity index (χ0) is 11.4. The fourth-order valence-electron chi connectivity index (χ4n) is 2.37. The van der Waals surface area contributed by atoms with E-state index in [-0.39, 0.29) is 11.7 Å². The quantitative estimate of drug-likeness (QED) is 0.779. The standard InChI is InChI=1S/C12H20O3/c1-8(2)7-11(13)9-5-3-4-6-10(9)12(14)15/h8-10H,3-7H2,1-2H3,(H,14,15).